The standard InChI is InChI=1S/C11H21NO3S/c1-11(2,3)15-6-4-12-5-7-16-8-9(12)10(13)14/h9H,4-8H2,1-3H3,(H,13,14). The first kappa shape index (κ1) is 13.8. The Labute approximate surface area is 101 Å². The number of rotatable bonds is 4. The Balaban J connectivity index is 2.36. The maximum absolute atomic E-state index is 11.0. The second kappa shape index (κ2) is 5.89. The lowest BCUT2D eigenvalue weighted by Crippen LogP contribution is -2.48. The minimum atomic E-state index is -0.719. The molecule has 1 unspecified atom stereocenters. The van der Waals surface area contributed by atoms with Gasteiger partial charge in [-0.25, -0.2) is 0 Å². The molecule has 1 rings (SSSR count). The van der Waals surface area contributed by atoms with Crippen LogP contribution in [0.4, 0.5) is 0 Å². The van der Waals surface area contributed by atoms with E-state index < -0.39 is 5.97 Å². The van der Waals surface area contributed by atoms with E-state index in [2.05, 4.69) is 0 Å². The average Bonchev–Trinajstić information content (AvgIpc) is 2.16. The maximum atomic E-state index is 11.0. The van der Waals surface area contributed by atoms with Crippen LogP contribution >= 0.6 is 11.8 Å². The molecule has 1 aliphatic heterocycles. The van der Waals surface area contributed by atoms with Crippen molar-refractivity contribution in [1.29, 1.82) is 0 Å². The predicted molar refractivity (Wildman–Crippen MR) is 66.0 cm³/mol. The van der Waals surface area contributed by atoms with E-state index in [-0.39, 0.29) is 11.6 Å². The molecule has 1 fully saturated rings. The lowest BCUT2D eigenvalue weighted by atomic mass is 10.2. The minimum Gasteiger partial charge on any atom is -0.480 e. The monoisotopic (exact) mass is 247 g/mol. The van der Waals surface area contributed by atoms with Crippen LogP contribution in [-0.2, 0) is 9.53 Å². The van der Waals surface area contributed by atoms with Crippen molar-refractivity contribution in [2.45, 2.75) is 32.4 Å². The fourth-order valence-corrected chi connectivity index (χ4v) is 2.71. The van der Waals surface area contributed by atoms with Crippen molar-refractivity contribution >= 4 is 17.7 Å². The number of carbonyl (C=O) groups is 1. The normalized spacial score (nSPS) is 23.3. The molecule has 0 aliphatic carbocycles. The number of nitrogens with zero attached hydrogens (tertiary/aromatic N) is 1. The van der Waals surface area contributed by atoms with E-state index >= 15 is 0 Å². The van der Waals surface area contributed by atoms with Crippen LogP contribution in [0, 0.1) is 0 Å². The molecule has 0 amide bonds. The van der Waals surface area contributed by atoms with Gasteiger partial charge in [0.1, 0.15) is 6.04 Å². The number of ether oxygens (including phenoxy) is 1. The summed E-state index contributed by atoms with van der Waals surface area (Å²) in [5.74, 6) is 0.979. The van der Waals surface area contributed by atoms with Crippen molar-refractivity contribution in [2.75, 3.05) is 31.2 Å². The molecule has 1 saturated heterocycles. The van der Waals surface area contributed by atoms with Crippen LogP contribution in [0.2, 0.25) is 0 Å². The highest BCUT2D eigenvalue weighted by atomic mass is 32.2. The molecule has 0 aromatic heterocycles. The Morgan fingerprint density at radius 1 is 1.56 bits per heavy atom. The van der Waals surface area contributed by atoms with Crippen LogP contribution in [0.1, 0.15) is 20.8 Å². The smallest absolute Gasteiger partial charge is 0.321 e. The van der Waals surface area contributed by atoms with Crippen molar-refractivity contribution in [3.05, 3.63) is 0 Å². The molecule has 1 N–H and O–H groups in total. The summed E-state index contributed by atoms with van der Waals surface area (Å²) in [6.45, 7) is 8.16. The third-order valence-corrected chi connectivity index (χ3v) is 3.46. The number of carboxylic acids is 1. The highest BCUT2D eigenvalue weighted by Crippen LogP contribution is 2.16. The summed E-state index contributed by atoms with van der Waals surface area (Å²) in [6, 6.07) is -0.345. The van der Waals surface area contributed by atoms with E-state index in [1.807, 2.05) is 25.7 Å². The number of hydrogen-bond acceptors (Lipinski definition) is 4. The summed E-state index contributed by atoms with van der Waals surface area (Å²) >= 11 is 1.71. The molecule has 1 heterocycles. The zero-order chi connectivity index (χ0) is 12.2. The lowest BCUT2D eigenvalue weighted by molar-refractivity contribution is -0.142. The van der Waals surface area contributed by atoms with Crippen LogP contribution in [0.5, 0.6) is 0 Å². The van der Waals surface area contributed by atoms with E-state index in [4.69, 9.17) is 9.84 Å². The topological polar surface area (TPSA) is 49.8 Å². The first-order valence-corrected chi connectivity index (χ1v) is 6.74. The molecule has 0 aromatic carbocycles. The van der Waals surface area contributed by atoms with Gasteiger partial charge in [-0.15, -0.1) is 0 Å². The molecule has 1 atom stereocenters. The molecule has 5 heteroatoms. The van der Waals surface area contributed by atoms with Gasteiger partial charge in [0.05, 0.1) is 12.2 Å². The second-order valence-electron chi connectivity index (χ2n) is 4.93. The van der Waals surface area contributed by atoms with E-state index in [1.165, 1.54) is 0 Å². The largest absolute Gasteiger partial charge is 0.480 e. The van der Waals surface area contributed by atoms with Gasteiger partial charge in [-0.3, -0.25) is 9.69 Å². The molecule has 0 spiro atoms. The van der Waals surface area contributed by atoms with Crippen LogP contribution < -0.4 is 0 Å². The van der Waals surface area contributed by atoms with Gasteiger partial charge in [0.25, 0.3) is 0 Å². The van der Waals surface area contributed by atoms with Gasteiger partial charge in [-0.05, 0) is 20.8 Å². The highest BCUT2D eigenvalue weighted by Gasteiger charge is 2.28. The third kappa shape index (κ3) is 4.72. The van der Waals surface area contributed by atoms with Gasteiger partial charge in [-0.1, -0.05) is 0 Å². The van der Waals surface area contributed by atoms with E-state index in [1.54, 1.807) is 11.8 Å². The summed E-state index contributed by atoms with van der Waals surface area (Å²) < 4.78 is 5.62. The average molecular weight is 247 g/mol. The summed E-state index contributed by atoms with van der Waals surface area (Å²) in [6.07, 6.45) is 0. The zero-order valence-corrected chi connectivity index (χ0v) is 11.0. The van der Waals surface area contributed by atoms with Crippen molar-refractivity contribution in [3.63, 3.8) is 0 Å². The molecule has 0 radical (unpaired) electrons. The van der Waals surface area contributed by atoms with Crippen LogP contribution in [0.15, 0.2) is 0 Å². The molecular weight excluding hydrogens is 226 g/mol. The summed E-state index contributed by atoms with van der Waals surface area (Å²) in [7, 11) is 0. The number of aliphatic carboxylic acids is 1. The van der Waals surface area contributed by atoms with Crippen molar-refractivity contribution in [1.82, 2.24) is 4.90 Å². The Bertz CT molecular complexity index is 240. The molecule has 1 aliphatic rings. The number of hydrogen-bond donors (Lipinski definition) is 1. The maximum Gasteiger partial charge on any atom is 0.321 e. The molecule has 0 bridgehead atoms. The fourth-order valence-electron chi connectivity index (χ4n) is 1.60. The second-order valence-corrected chi connectivity index (χ2v) is 6.08. The first-order chi connectivity index (χ1) is 7.40. The molecule has 0 saturated carbocycles. The first-order valence-electron chi connectivity index (χ1n) is 5.59. The summed E-state index contributed by atoms with van der Waals surface area (Å²) in [5.41, 5.74) is -0.150. The lowest BCUT2D eigenvalue weighted by Gasteiger charge is -2.33. The molecule has 94 valence electrons. The Hall–Kier alpha value is -0.260. The molecule has 0 aromatic rings. The Morgan fingerprint density at radius 2 is 2.25 bits per heavy atom. The van der Waals surface area contributed by atoms with Gasteiger partial charge in [0.15, 0.2) is 0 Å². The quantitative estimate of drug-likeness (QED) is 0.811. The summed E-state index contributed by atoms with van der Waals surface area (Å²) in [4.78, 5) is 13.0. The van der Waals surface area contributed by atoms with Gasteiger partial charge in [0.2, 0.25) is 0 Å². The Morgan fingerprint density at radius 3 is 2.81 bits per heavy atom. The van der Waals surface area contributed by atoms with Crippen LogP contribution in [-0.4, -0.2) is 58.8 Å². The van der Waals surface area contributed by atoms with Crippen LogP contribution in [0.3, 0.4) is 0 Å². The zero-order valence-electron chi connectivity index (χ0n) is 10.2. The molecule has 4 nitrogen and oxygen atoms in total. The predicted octanol–water partition coefficient (Wildman–Crippen LogP) is 1.30. The fraction of sp³-hybridized carbons (Fsp3) is 0.909. The third-order valence-electron chi connectivity index (χ3n) is 2.44. The number of carboxylic acid groups (broad SMARTS) is 1. The van der Waals surface area contributed by atoms with Gasteiger partial charge >= 0.3 is 5.97 Å². The van der Waals surface area contributed by atoms with E-state index in [0.717, 1.165) is 12.3 Å². The van der Waals surface area contributed by atoms with Gasteiger partial charge in [-0.2, -0.15) is 11.8 Å². The highest BCUT2D eigenvalue weighted by molar-refractivity contribution is 7.99. The minimum absolute atomic E-state index is 0.150. The molecular formula is C11H21NO3S. The van der Waals surface area contributed by atoms with Crippen molar-refractivity contribution in [2.24, 2.45) is 0 Å². The van der Waals surface area contributed by atoms with Crippen molar-refractivity contribution in [3.8, 4) is 0 Å². The van der Waals surface area contributed by atoms with E-state index in [0.29, 0.717) is 18.9 Å². The number of thioether (sulfide) groups is 1. The van der Waals surface area contributed by atoms with Gasteiger partial charge in [0, 0.05) is 24.6 Å². The summed E-state index contributed by atoms with van der Waals surface area (Å²) in [5, 5.41) is 9.07. The van der Waals surface area contributed by atoms with E-state index in [9.17, 15) is 4.79 Å². The van der Waals surface area contributed by atoms with Crippen molar-refractivity contribution < 1.29 is 14.6 Å². The van der Waals surface area contributed by atoms with Gasteiger partial charge < -0.3 is 9.84 Å². The molecule has 16 heavy (non-hydrogen) atoms. The Kier molecular flexibility index (Phi) is 5.08. The van der Waals surface area contributed by atoms with Crippen LogP contribution in [0.25, 0.3) is 0 Å². The SMILES string of the molecule is CC(C)(C)OCCN1CCSCC1C(=O)O.